The second kappa shape index (κ2) is 4.49. The molecule has 1 aromatic carbocycles. The average molecular weight is 344 g/mol. The number of hydrogen-bond donors (Lipinski definition) is 2. The molecular formula is C17H16ClN4O2+. The zero-order valence-electron chi connectivity index (χ0n) is 13.1. The van der Waals surface area contributed by atoms with Crippen molar-refractivity contribution in [1.82, 2.24) is 0 Å². The van der Waals surface area contributed by atoms with Gasteiger partial charge in [-0.2, -0.15) is 10.5 Å². The molecule has 0 unspecified atom stereocenters. The van der Waals surface area contributed by atoms with E-state index in [0.29, 0.717) is 24.7 Å². The maximum atomic E-state index is 10.2. The average Bonchev–Trinajstić information content (AvgIpc) is 2.79. The molecule has 1 aliphatic carbocycles. The minimum atomic E-state index is -1.40. The summed E-state index contributed by atoms with van der Waals surface area (Å²) in [5.74, 6) is -1.19. The molecule has 0 aromatic heterocycles. The third-order valence-corrected chi connectivity index (χ3v) is 6.09. The molecular weight excluding hydrogens is 328 g/mol. The third-order valence-electron chi connectivity index (χ3n) is 5.85. The van der Waals surface area contributed by atoms with E-state index in [0.717, 1.165) is 5.56 Å². The van der Waals surface area contributed by atoms with Crippen LogP contribution >= 0.6 is 11.6 Å². The number of ether oxygens (including phenoxy) is 2. The van der Waals surface area contributed by atoms with Gasteiger partial charge in [-0.1, -0.05) is 30.7 Å². The first-order valence-corrected chi connectivity index (χ1v) is 8.17. The van der Waals surface area contributed by atoms with Gasteiger partial charge in [-0.05, 0) is 24.1 Å². The fourth-order valence-electron chi connectivity index (χ4n) is 5.07. The van der Waals surface area contributed by atoms with E-state index in [1.165, 1.54) is 0 Å². The van der Waals surface area contributed by atoms with E-state index in [-0.39, 0.29) is 5.84 Å². The molecule has 2 heterocycles. The standard InChI is InChI=1S/C17H15ClN4O2/c1-2-14(11-4-3-5-12(18)8-11)15(9-19)13(21)22-17(16(14,15)10-20)23-6-7-24-17/h3-5,8H,2,6-7H2,1H3,(H2,21,22)/p+1/t14-,15+,16-/m1/s1. The van der Waals surface area contributed by atoms with Crippen molar-refractivity contribution in [3.63, 3.8) is 0 Å². The Morgan fingerprint density at radius 3 is 2.54 bits per heavy atom. The normalized spacial score (nSPS) is 38.2. The number of benzene rings is 1. The van der Waals surface area contributed by atoms with Crippen LogP contribution in [0.25, 0.3) is 0 Å². The van der Waals surface area contributed by atoms with Crippen LogP contribution in [0.15, 0.2) is 24.3 Å². The van der Waals surface area contributed by atoms with Crippen LogP contribution in [0.5, 0.6) is 0 Å². The molecule has 0 amide bonds. The number of halogens is 1. The lowest BCUT2D eigenvalue weighted by Crippen LogP contribution is -2.90. The van der Waals surface area contributed by atoms with Crippen molar-refractivity contribution < 1.29 is 14.5 Å². The molecule has 122 valence electrons. The largest absolute Gasteiger partial charge is 0.343 e. The predicted molar refractivity (Wildman–Crippen MR) is 84.3 cm³/mol. The second-order valence-electron chi connectivity index (χ2n) is 6.35. The fraction of sp³-hybridized carbons (Fsp3) is 0.471. The first kappa shape index (κ1) is 15.4. The molecule has 7 heteroatoms. The molecule has 1 spiro atoms. The highest BCUT2D eigenvalue weighted by Crippen LogP contribution is 2.83. The van der Waals surface area contributed by atoms with E-state index in [2.05, 4.69) is 17.1 Å². The number of nitrogens with two attached hydrogens (primary N) is 1. The van der Waals surface area contributed by atoms with Gasteiger partial charge in [-0.15, -0.1) is 0 Å². The molecule has 6 nitrogen and oxygen atoms in total. The number of fused-ring (bicyclic) bond motifs is 2. The Morgan fingerprint density at radius 1 is 1.29 bits per heavy atom. The zero-order valence-corrected chi connectivity index (χ0v) is 13.9. The van der Waals surface area contributed by atoms with Gasteiger partial charge in [-0.3, -0.25) is 5.73 Å². The number of nitriles is 2. The van der Waals surface area contributed by atoms with E-state index in [9.17, 15) is 10.5 Å². The Kier molecular flexibility index (Phi) is 2.88. The number of nitrogens with one attached hydrogen (secondary N) is 1. The van der Waals surface area contributed by atoms with Crippen molar-refractivity contribution in [2.24, 2.45) is 16.6 Å². The van der Waals surface area contributed by atoms with E-state index in [1.54, 1.807) is 12.1 Å². The topological polar surface area (TPSA) is 106 Å². The molecule has 1 saturated heterocycles. The van der Waals surface area contributed by atoms with E-state index < -0.39 is 22.2 Å². The molecule has 0 bridgehead atoms. The first-order chi connectivity index (χ1) is 11.5. The predicted octanol–water partition coefficient (Wildman–Crippen LogP) is 0.173. The monoisotopic (exact) mass is 343 g/mol. The van der Waals surface area contributed by atoms with Crippen molar-refractivity contribution in [2.75, 3.05) is 13.2 Å². The van der Waals surface area contributed by atoms with Crippen LogP contribution in [0.1, 0.15) is 18.9 Å². The minimum absolute atomic E-state index is 0.218. The quantitative estimate of drug-likeness (QED) is 0.796. The lowest BCUT2D eigenvalue weighted by molar-refractivity contribution is -0.677. The van der Waals surface area contributed by atoms with Crippen LogP contribution in [0.2, 0.25) is 5.02 Å². The summed E-state index contributed by atoms with van der Waals surface area (Å²) in [6, 6.07) is 11.9. The van der Waals surface area contributed by atoms with Gasteiger partial charge in [-0.25, -0.2) is 4.99 Å². The van der Waals surface area contributed by atoms with E-state index in [1.807, 2.05) is 19.1 Å². The molecule has 4 rings (SSSR count). The van der Waals surface area contributed by atoms with E-state index >= 15 is 0 Å². The van der Waals surface area contributed by atoms with Gasteiger partial charge in [0, 0.05) is 5.02 Å². The van der Waals surface area contributed by atoms with Crippen LogP contribution in [0.3, 0.4) is 0 Å². The molecule has 3 aliphatic rings. The van der Waals surface area contributed by atoms with Crippen LogP contribution in [-0.2, 0) is 14.9 Å². The van der Waals surface area contributed by atoms with Crippen molar-refractivity contribution in [2.45, 2.75) is 24.7 Å². The molecule has 1 aromatic rings. The molecule has 2 aliphatic heterocycles. The van der Waals surface area contributed by atoms with Gasteiger partial charge in [0.25, 0.3) is 5.84 Å². The number of nitrogens with zero attached hydrogens (tertiary/aromatic N) is 2. The SMILES string of the molecule is CC[C@@]1(c2cccc(Cl)c2)[C@]2(C#N)C(N)=[NH+]C3(OCCO3)[C@@]21C#N. The van der Waals surface area contributed by atoms with Gasteiger partial charge in [0.15, 0.2) is 10.8 Å². The Bertz CT molecular complexity index is 851. The molecule has 2 fully saturated rings. The fourth-order valence-corrected chi connectivity index (χ4v) is 5.26. The summed E-state index contributed by atoms with van der Waals surface area (Å²) in [6.07, 6.45) is 0.519. The summed E-state index contributed by atoms with van der Waals surface area (Å²) in [6.45, 7) is 2.61. The Morgan fingerprint density at radius 2 is 2.00 bits per heavy atom. The Labute approximate surface area is 144 Å². The summed E-state index contributed by atoms with van der Waals surface area (Å²) < 4.78 is 11.6. The summed E-state index contributed by atoms with van der Waals surface area (Å²) >= 11 is 6.18. The number of amidine groups is 1. The highest BCUT2D eigenvalue weighted by atomic mass is 35.5. The highest BCUT2D eigenvalue weighted by Gasteiger charge is 3.04. The lowest BCUT2D eigenvalue weighted by Gasteiger charge is -2.29. The number of hydrogen-bond acceptors (Lipinski definition) is 5. The van der Waals surface area contributed by atoms with Crippen LogP contribution in [-0.4, -0.2) is 25.0 Å². The van der Waals surface area contributed by atoms with Gasteiger partial charge < -0.3 is 9.47 Å². The van der Waals surface area contributed by atoms with Crippen molar-refractivity contribution >= 4 is 17.4 Å². The molecule has 1 saturated carbocycles. The van der Waals surface area contributed by atoms with Gasteiger partial charge in [0.05, 0.1) is 30.8 Å². The zero-order chi connectivity index (χ0) is 17.2. The number of rotatable bonds is 2. The molecule has 3 atom stereocenters. The highest BCUT2D eigenvalue weighted by molar-refractivity contribution is 6.30. The van der Waals surface area contributed by atoms with Gasteiger partial charge in [0.1, 0.15) is 0 Å². The third kappa shape index (κ3) is 1.20. The summed E-state index contributed by atoms with van der Waals surface area (Å²) in [7, 11) is 0. The maximum Gasteiger partial charge on any atom is 0.343 e. The summed E-state index contributed by atoms with van der Waals surface area (Å²) in [4.78, 5) is 2.96. The first-order valence-electron chi connectivity index (χ1n) is 7.79. The Hall–Kier alpha value is -2.12. The Balaban J connectivity index is 2.05. The van der Waals surface area contributed by atoms with Crippen LogP contribution < -0.4 is 10.7 Å². The lowest BCUT2D eigenvalue weighted by atomic mass is 9.80. The van der Waals surface area contributed by atoms with Crippen molar-refractivity contribution in [1.29, 1.82) is 10.5 Å². The van der Waals surface area contributed by atoms with Crippen LogP contribution in [0, 0.1) is 33.5 Å². The maximum absolute atomic E-state index is 10.2. The molecule has 3 N–H and O–H groups in total. The van der Waals surface area contributed by atoms with Crippen molar-refractivity contribution in [3.8, 4) is 12.1 Å². The summed E-state index contributed by atoms with van der Waals surface area (Å²) in [5.41, 5.74) is 3.67. The molecule has 24 heavy (non-hydrogen) atoms. The van der Waals surface area contributed by atoms with E-state index in [4.69, 9.17) is 26.8 Å². The second-order valence-corrected chi connectivity index (χ2v) is 6.78. The van der Waals surface area contributed by atoms with Crippen LogP contribution in [0.4, 0.5) is 0 Å². The summed E-state index contributed by atoms with van der Waals surface area (Å²) in [5, 5.41) is 20.8. The van der Waals surface area contributed by atoms with Crippen molar-refractivity contribution in [3.05, 3.63) is 34.9 Å². The molecule has 0 radical (unpaired) electrons. The van der Waals surface area contributed by atoms with Gasteiger partial charge >= 0.3 is 5.91 Å². The van der Waals surface area contributed by atoms with Gasteiger partial charge in [0.2, 0.25) is 0 Å². The smallest absolute Gasteiger partial charge is 0.311 e. The minimum Gasteiger partial charge on any atom is -0.311 e.